The van der Waals surface area contributed by atoms with Crippen molar-refractivity contribution >= 4 is 65.6 Å². The number of para-hydroxylation sites is 3. The molecule has 0 atom stereocenters. The molecule has 60 heavy (non-hydrogen) atoms. The van der Waals surface area contributed by atoms with E-state index in [9.17, 15) is 0 Å². The molecule has 0 bridgehead atoms. The Labute approximate surface area is 349 Å². The minimum atomic E-state index is 0.659. The van der Waals surface area contributed by atoms with E-state index in [0.29, 0.717) is 5.92 Å². The highest BCUT2D eigenvalue weighted by molar-refractivity contribution is 6.14. The molecule has 12 rings (SSSR count). The number of rotatable bonds is 5. The summed E-state index contributed by atoms with van der Waals surface area (Å²) < 4.78 is 11.5. The first-order valence-electron chi connectivity index (χ1n) is 20.8. The molecule has 3 aromatic heterocycles. The van der Waals surface area contributed by atoms with Gasteiger partial charge >= 0.3 is 0 Å². The summed E-state index contributed by atoms with van der Waals surface area (Å²) in [5.74, 6) is 0.659. The molecule has 3 nitrogen and oxygen atoms in total. The summed E-state index contributed by atoms with van der Waals surface area (Å²) in [5, 5.41) is 7.14. The van der Waals surface area contributed by atoms with Gasteiger partial charge in [0.2, 0.25) is 0 Å². The Kier molecular flexibility index (Phi) is 8.67. The quantitative estimate of drug-likeness (QED) is 0.171. The van der Waals surface area contributed by atoms with Gasteiger partial charge in [-0.05, 0) is 94.4 Å². The average Bonchev–Trinajstić information content (AvgIpc) is 3.97. The van der Waals surface area contributed by atoms with Crippen molar-refractivity contribution in [3.8, 4) is 33.6 Å². The van der Waals surface area contributed by atoms with Crippen LogP contribution in [0.4, 0.5) is 0 Å². The van der Waals surface area contributed by atoms with Gasteiger partial charge in [0.15, 0.2) is 5.58 Å². The van der Waals surface area contributed by atoms with Crippen molar-refractivity contribution in [3.63, 3.8) is 0 Å². The molecule has 12 aromatic rings. The predicted molar refractivity (Wildman–Crippen MR) is 254 cm³/mol. The molecule has 3 heterocycles. The molecule has 0 aliphatic heterocycles. The van der Waals surface area contributed by atoms with E-state index in [1.807, 2.05) is 6.07 Å². The van der Waals surface area contributed by atoms with Gasteiger partial charge in [0.1, 0.15) is 5.58 Å². The molecule has 9 aromatic carbocycles. The summed E-state index contributed by atoms with van der Waals surface area (Å²) in [4.78, 5) is 0. The number of aromatic nitrogens is 2. The van der Waals surface area contributed by atoms with E-state index in [1.54, 1.807) is 0 Å². The molecule has 3 heteroatoms. The van der Waals surface area contributed by atoms with Crippen LogP contribution in [0.1, 0.15) is 25.3 Å². The van der Waals surface area contributed by atoms with Crippen LogP contribution in [0.15, 0.2) is 217 Å². The maximum absolute atomic E-state index is 6.78. The second-order valence-corrected chi connectivity index (χ2v) is 15.9. The van der Waals surface area contributed by atoms with Crippen molar-refractivity contribution in [2.24, 2.45) is 0 Å². The topological polar surface area (TPSA) is 23.0 Å². The van der Waals surface area contributed by atoms with Crippen LogP contribution in [0, 0.1) is 0 Å². The molecule has 0 amide bonds. The van der Waals surface area contributed by atoms with Crippen molar-refractivity contribution < 1.29 is 4.42 Å². The van der Waals surface area contributed by atoms with Crippen LogP contribution in [0.5, 0.6) is 0 Å². The van der Waals surface area contributed by atoms with Gasteiger partial charge < -0.3 is 13.6 Å². The zero-order chi connectivity index (χ0) is 40.2. The predicted octanol–water partition coefficient (Wildman–Crippen LogP) is 15.9. The molecule has 0 N–H and O–H groups in total. The van der Waals surface area contributed by atoms with Gasteiger partial charge in [-0.3, -0.25) is 0 Å². The second kappa shape index (κ2) is 14.6. The van der Waals surface area contributed by atoms with E-state index in [1.165, 1.54) is 60.4 Å². The lowest BCUT2D eigenvalue weighted by Crippen LogP contribution is -1.94. The molecular weight excluding hydrogens is 729 g/mol. The third kappa shape index (κ3) is 5.98. The number of fused-ring (bicyclic) bond motifs is 9. The molecule has 0 spiro atoms. The smallest absolute Gasteiger partial charge is 0.159 e. The van der Waals surface area contributed by atoms with Gasteiger partial charge in [-0.2, -0.15) is 0 Å². The standard InChI is InChI=1S/C48H30N2O.C9H12/c1-3-12-31(13-4-1)33-22-25-44-39(28-33)36-16-7-9-19-42(36)49(44)35-24-27-47-41(30-35)38-18-11-21-46(48(38)51-47)50-43-20-10-8-17-37(43)40-29-34(23-26-45(40)50)32-14-5-2-6-15-32;1-8(2)9-6-4-3-5-7-9/h1-30H;3-8H,1-2H3. The zero-order valence-electron chi connectivity index (χ0n) is 33.6. The summed E-state index contributed by atoms with van der Waals surface area (Å²) in [5.41, 5.74) is 14.9. The fourth-order valence-corrected chi connectivity index (χ4v) is 9.03. The summed E-state index contributed by atoms with van der Waals surface area (Å²) >= 11 is 0. The Morgan fingerprint density at radius 2 is 0.850 bits per heavy atom. The minimum absolute atomic E-state index is 0.659. The van der Waals surface area contributed by atoms with Crippen LogP contribution in [0.3, 0.4) is 0 Å². The Morgan fingerprint density at radius 1 is 0.350 bits per heavy atom. The molecule has 0 unspecified atom stereocenters. The average molecular weight is 771 g/mol. The van der Waals surface area contributed by atoms with Crippen molar-refractivity contribution in [3.05, 3.63) is 218 Å². The first-order chi connectivity index (χ1) is 29.6. The lowest BCUT2D eigenvalue weighted by Gasteiger charge is -2.09. The van der Waals surface area contributed by atoms with E-state index in [0.717, 1.165) is 44.3 Å². The van der Waals surface area contributed by atoms with Crippen LogP contribution in [0.25, 0.3) is 99.2 Å². The fourth-order valence-electron chi connectivity index (χ4n) is 9.03. The normalized spacial score (nSPS) is 11.7. The first kappa shape index (κ1) is 35.5. The van der Waals surface area contributed by atoms with E-state index >= 15 is 0 Å². The van der Waals surface area contributed by atoms with Gasteiger partial charge in [-0.25, -0.2) is 0 Å². The van der Waals surface area contributed by atoms with E-state index in [2.05, 4.69) is 229 Å². The summed E-state index contributed by atoms with van der Waals surface area (Å²) in [6, 6.07) is 75.9. The van der Waals surface area contributed by atoms with Gasteiger partial charge in [-0.15, -0.1) is 0 Å². The highest BCUT2D eigenvalue weighted by Crippen LogP contribution is 2.41. The fraction of sp³-hybridized carbons (Fsp3) is 0.0526. The van der Waals surface area contributed by atoms with Crippen LogP contribution in [0.2, 0.25) is 0 Å². The lowest BCUT2D eigenvalue weighted by molar-refractivity contribution is 0.666. The lowest BCUT2D eigenvalue weighted by atomic mass is 10.0. The van der Waals surface area contributed by atoms with Gasteiger partial charge in [-0.1, -0.05) is 166 Å². The third-order valence-electron chi connectivity index (χ3n) is 12.0. The monoisotopic (exact) mass is 770 g/mol. The maximum atomic E-state index is 6.78. The van der Waals surface area contributed by atoms with Crippen LogP contribution >= 0.6 is 0 Å². The van der Waals surface area contributed by atoms with Gasteiger partial charge in [0.25, 0.3) is 0 Å². The number of benzene rings is 9. The Morgan fingerprint density at radius 3 is 1.43 bits per heavy atom. The Bertz CT molecular complexity index is 3500. The van der Waals surface area contributed by atoms with Crippen LogP contribution < -0.4 is 0 Å². The largest absolute Gasteiger partial charge is 0.454 e. The van der Waals surface area contributed by atoms with E-state index in [-0.39, 0.29) is 0 Å². The summed E-state index contributed by atoms with van der Waals surface area (Å²) in [7, 11) is 0. The molecule has 286 valence electrons. The first-order valence-corrected chi connectivity index (χ1v) is 20.8. The van der Waals surface area contributed by atoms with Crippen LogP contribution in [-0.2, 0) is 0 Å². The van der Waals surface area contributed by atoms with E-state index in [4.69, 9.17) is 4.42 Å². The highest BCUT2D eigenvalue weighted by atomic mass is 16.3. The van der Waals surface area contributed by atoms with Gasteiger partial charge in [0, 0.05) is 38.0 Å². The number of furan rings is 1. The molecule has 0 saturated heterocycles. The molecule has 0 radical (unpaired) electrons. The SMILES string of the molecule is CC(C)c1ccccc1.c1ccc(-c2ccc3c(c2)c2ccccc2n3-c2ccc3oc4c(-n5c6ccccc6c6cc(-c7ccccc7)ccc65)cccc4c3c2)cc1. The van der Waals surface area contributed by atoms with Crippen LogP contribution in [-0.4, -0.2) is 9.13 Å². The van der Waals surface area contributed by atoms with E-state index < -0.39 is 0 Å². The Hall–Kier alpha value is -7.62. The molecule has 0 saturated carbocycles. The minimum Gasteiger partial charge on any atom is -0.454 e. The van der Waals surface area contributed by atoms with Gasteiger partial charge in [0.05, 0.1) is 27.8 Å². The summed E-state index contributed by atoms with van der Waals surface area (Å²) in [6.07, 6.45) is 0. The highest BCUT2D eigenvalue weighted by Gasteiger charge is 2.20. The Balaban J connectivity index is 0.000000406. The van der Waals surface area contributed by atoms with Crippen molar-refractivity contribution in [1.82, 2.24) is 9.13 Å². The third-order valence-corrected chi connectivity index (χ3v) is 12.0. The number of hydrogen-bond acceptors (Lipinski definition) is 1. The molecular formula is C57H42N2O. The van der Waals surface area contributed by atoms with Crippen molar-refractivity contribution in [1.29, 1.82) is 0 Å². The molecule has 0 fully saturated rings. The number of nitrogens with zero attached hydrogens (tertiary/aromatic N) is 2. The van der Waals surface area contributed by atoms with Crippen molar-refractivity contribution in [2.45, 2.75) is 19.8 Å². The van der Waals surface area contributed by atoms with Crippen molar-refractivity contribution in [2.75, 3.05) is 0 Å². The molecule has 0 aliphatic rings. The second-order valence-electron chi connectivity index (χ2n) is 15.9. The maximum Gasteiger partial charge on any atom is 0.159 e. The molecule has 0 aliphatic carbocycles. The summed E-state index contributed by atoms with van der Waals surface area (Å²) in [6.45, 7) is 4.41. The zero-order valence-corrected chi connectivity index (χ0v) is 33.6. The number of hydrogen-bond donors (Lipinski definition) is 0.